The third-order valence-corrected chi connectivity index (χ3v) is 5.17. The number of hydrogen-bond donors (Lipinski definition) is 3. The summed E-state index contributed by atoms with van der Waals surface area (Å²) in [5.74, 6) is 0.672. The number of nitrogens with two attached hydrogens (primary N) is 2. The van der Waals surface area contributed by atoms with E-state index in [2.05, 4.69) is 5.10 Å². The molecule has 0 spiro atoms. The molecule has 0 saturated carbocycles. The molecule has 31 heavy (non-hydrogen) atoms. The number of nitrogen functional groups attached to an aromatic ring is 1. The number of carbonyl (C=O) groups excluding carboxylic acids is 1. The van der Waals surface area contributed by atoms with E-state index in [0.29, 0.717) is 22.8 Å². The Hall–Kier alpha value is -3.79. The molecule has 0 atom stereocenters. The van der Waals surface area contributed by atoms with Gasteiger partial charge in [-0.05, 0) is 43.3 Å². The van der Waals surface area contributed by atoms with E-state index in [-0.39, 0.29) is 24.5 Å². The number of benzene rings is 2. The normalized spacial score (nSPS) is 11.2. The zero-order valence-electron chi connectivity index (χ0n) is 16.8. The van der Waals surface area contributed by atoms with E-state index in [1.807, 2.05) is 30.3 Å². The number of carbonyl (C=O) groups is 1. The molecular formula is C21H23N5O4S. The maximum absolute atomic E-state index is 12.0. The van der Waals surface area contributed by atoms with Crippen molar-refractivity contribution in [2.45, 2.75) is 13.5 Å². The Morgan fingerprint density at radius 1 is 1.13 bits per heavy atom. The second-order valence-electron chi connectivity index (χ2n) is 6.52. The fourth-order valence-electron chi connectivity index (χ4n) is 2.98. The van der Waals surface area contributed by atoms with Crippen molar-refractivity contribution in [2.75, 3.05) is 12.3 Å². The third-order valence-electron chi connectivity index (χ3n) is 4.42. The van der Waals surface area contributed by atoms with Gasteiger partial charge < -0.3 is 16.2 Å². The molecule has 0 saturated heterocycles. The van der Waals surface area contributed by atoms with Gasteiger partial charge in [-0.25, -0.2) is 13.1 Å². The molecule has 1 amide bonds. The Kier molecular flexibility index (Phi) is 6.93. The number of para-hydroxylation sites is 1. The Morgan fingerprint density at radius 2 is 1.77 bits per heavy atom. The van der Waals surface area contributed by atoms with Crippen LogP contribution in [-0.4, -0.2) is 35.0 Å². The molecule has 1 heterocycles. The van der Waals surface area contributed by atoms with Gasteiger partial charge in [-0.3, -0.25) is 9.10 Å². The SMILES string of the molecule is CC=CN(CCn1nc(-c2ccc(Oc3ccccc3)cc2)c(C(N)=O)c1N)[SH](=O)=O. The van der Waals surface area contributed by atoms with E-state index in [9.17, 15) is 13.2 Å². The number of nitrogens with zero attached hydrogens (tertiary/aromatic N) is 3. The second-order valence-corrected chi connectivity index (χ2v) is 7.51. The summed E-state index contributed by atoms with van der Waals surface area (Å²) in [6.07, 6.45) is 3.05. The molecular weight excluding hydrogens is 418 g/mol. The maximum Gasteiger partial charge on any atom is 0.254 e. The number of ether oxygens (including phenoxy) is 1. The molecule has 0 aliphatic heterocycles. The van der Waals surface area contributed by atoms with Crippen LogP contribution in [0, 0.1) is 0 Å². The van der Waals surface area contributed by atoms with Gasteiger partial charge in [-0.2, -0.15) is 5.10 Å². The van der Waals surface area contributed by atoms with E-state index in [0.717, 1.165) is 4.31 Å². The Bertz CT molecular complexity index is 1150. The maximum atomic E-state index is 12.0. The second kappa shape index (κ2) is 9.81. The largest absolute Gasteiger partial charge is 0.457 e. The molecule has 3 aromatic rings. The van der Waals surface area contributed by atoms with Crippen molar-refractivity contribution in [3.8, 4) is 22.8 Å². The number of hydrogen-bond acceptors (Lipinski definition) is 6. The van der Waals surface area contributed by atoms with E-state index in [4.69, 9.17) is 16.2 Å². The van der Waals surface area contributed by atoms with Crippen LogP contribution in [0.4, 0.5) is 5.82 Å². The van der Waals surface area contributed by atoms with Crippen LogP contribution < -0.4 is 16.2 Å². The number of primary amides is 1. The summed E-state index contributed by atoms with van der Waals surface area (Å²) in [5, 5.41) is 4.41. The first-order valence-electron chi connectivity index (χ1n) is 9.44. The fourth-order valence-corrected chi connectivity index (χ4v) is 3.47. The average Bonchev–Trinajstić information content (AvgIpc) is 3.08. The molecule has 4 N–H and O–H groups in total. The predicted molar refractivity (Wildman–Crippen MR) is 119 cm³/mol. The van der Waals surface area contributed by atoms with Crippen molar-refractivity contribution >= 4 is 22.6 Å². The molecule has 0 fully saturated rings. The molecule has 0 radical (unpaired) electrons. The van der Waals surface area contributed by atoms with Crippen molar-refractivity contribution in [1.29, 1.82) is 0 Å². The number of aromatic nitrogens is 2. The van der Waals surface area contributed by atoms with Crippen LogP contribution in [0.5, 0.6) is 11.5 Å². The molecule has 0 aliphatic rings. The quantitative estimate of drug-likeness (QED) is 0.437. The standard InChI is InChI=1S/C21H23N5O4S/c1-2-12-25(31(28)29)13-14-26-20(22)18(21(23)27)19(24-26)15-8-10-17(11-9-15)30-16-6-4-3-5-7-16/h2-12,31H,13-14,22H2,1H3,(H2,23,27). The van der Waals surface area contributed by atoms with Crippen LogP contribution in [0.2, 0.25) is 0 Å². The van der Waals surface area contributed by atoms with Crippen LogP contribution in [0.1, 0.15) is 17.3 Å². The number of amides is 1. The monoisotopic (exact) mass is 441 g/mol. The number of rotatable bonds is 9. The first-order valence-corrected chi connectivity index (χ1v) is 10.6. The highest BCUT2D eigenvalue weighted by Crippen LogP contribution is 2.29. The number of thiol groups is 1. The summed E-state index contributed by atoms with van der Waals surface area (Å²) in [5.41, 5.74) is 12.7. The van der Waals surface area contributed by atoms with Gasteiger partial charge in [0.15, 0.2) is 0 Å². The minimum absolute atomic E-state index is 0.0775. The van der Waals surface area contributed by atoms with Gasteiger partial charge >= 0.3 is 0 Å². The van der Waals surface area contributed by atoms with Gasteiger partial charge in [0.1, 0.15) is 28.6 Å². The lowest BCUT2D eigenvalue weighted by Gasteiger charge is -2.12. The molecule has 3 rings (SSSR count). The van der Waals surface area contributed by atoms with E-state index < -0.39 is 16.8 Å². The number of anilines is 1. The summed E-state index contributed by atoms with van der Waals surface area (Å²) in [7, 11) is -2.80. The molecule has 0 bridgehead atoms. The zero-order chi connectivity index (χ0) is 22.4. The minimum Gasteiger partial charge on any atom is -0.457 e. The van der Waals surface area contributed by atoms with Gasteiger partial charge in [0.25, 0.3) is 5.91 Å². The van der Waals surface area contributed by atoms with Crippen LogP contribution in [0.25, 0.3) is 11.3 Å². The highest BCUT2D eigenvalue weighted by Gasteiger charge is 2.21. The first kappa shape index (κ1) is 21.9. The summed E-state index contributed by atoms with van der Waals surface area (Å²) < 4.78 is 30.9. The topological polar surface area (TPSA) is 134 Å². The lowest BCUT2D eigenvalue weighted by molar-refractivity contribution is 0.100. The minimum atomic E-state index is -2.80. The van der Waals surface area contributed by atoms with Crippen molar-refractivity contribution in [2.24, 2.45) is 5.73 Å². The van der Waals surface area contributed by atoms with E-state index in [1.54, 1.807) is 37.3 Å². The van der Waals surface area contributed by atoms with Gasteiger partial charge in [-0.15, -0.1) is 0 Å². The lowest BCUT2D eigenvalue weighted by atomic mass is 10.1. The fraction of sp³-hybridized carbons (Fsp3) is 0.143. The van der Waals surface area contributed by atoms with Crippen molar-refractivity contribution in [3.63, 3.8) is 0 Å². The highest BCUT2D eigenvalue weighted by atomic mass is 32.2. The van der Waals surface area contributed by atoms with Gasteiger partial charge in [-0.1, -0.05) is 24.3 Å². The predicted octanol–water partition coefficient (Wildman–Crippen LogP) is 2.39. The summed E-state index contributed by atoms with van der Waals surface area (Å²) in [6, 6.07) is 16.3. The van der Waals surface area contributed by atoms with E-state index >= 15 is 0 Å². The van der Waals surface area contributed by atoms with Gasteiger partial charge in [0.05, 0.1) is 13.1 Å². The molecule has 1 aromatic heterocycles. The molecule has 0 aliphatic carbocycles. The van der Waals surface area contributed by atoms with Gasteiger partial charge in [0, 0.05) is 11.8 Å². The third kappa shape index (κ3) is 5.23. The lowest BCUT2D eigenvalue weighted by Crippen LogP contribution is -2.22. The molecule has 162 valence electrons. The molecule has 2 aromatic carbocycles. The van der Waals surface area contributed by atoms with E-state index in [1.165, 1.54) is 10.9 Å². The van der Waals surface area contributed by atoms with Crippen LogP contribution in [-0.2, 0) is 17.4 Å². The van der Waals surface area contributed by atoms with Crippen LogP contribution in [0.15, 0.2) is 66.9 Å². The van der Waals surface area contributed by atoms with Crippen molar-refractivity contribution in [3.05, 3.63) is 72.4 Å². The average molecular weight is 442 g/mol. The Labute approximate surface area is 181 Å². The zero-order valence-corrected chi connectivity index (χ0v) is 17.7. The van der Waals surface area contributed by atoms with Crippen LogP contribution >= 0.6 is 0 Å². The summed E-state index contributed by atoms with van der Waals surface area (Å²) in [6.45, 7) is 1.97. The van der Waals surface area contributed by atoms with Crippen LogP contribution in [0.3, 0.4) is 0 Å². The molecule has 9 nitrogen and oxygen atoms in total. The highest BCUT2D eigenvalue weighted by molar-refractivity contribution is 7.70. The summed E-state index contributed by atoms with van der Waals surface area (Å²) in [4.78, 5) is 12.0. The first-order chi connectivity index (χ1) is 14.9. The summed E-state index contributed by atoms with van der Waals surface area (Å²) >= 11 is 0. The smallest absolute Gasteiger partial charge is 0.254 e. The number of allylic oxidation sites excluding steroid dienone is 1. The Morgan fingerprint density at radius 3 is 2.35 bits per heavy atom. The van der Waals surface area contributed by atoms with Crippen molar-refractivity contribution < 1.29 is 17.9 Å². The van der Waals surface area contributed by atoms with Crippen molar-refractivity contribution in [1.82, 2.24) is 14.1 Å². The Balaban J connectivity index is 1.86. The molecule has 10 heteroatoms. The molecule has 0 unspecified atom stereocenters. The van der Waals surface area contributed by atoms with Gasteiger partial charge in [0.2, 0.25) is 10.9 Å².